The number of nitrogens with one attached hydrogen (secondary N) is 1. The monoisotopic (exact) mass is 372 g/mol. The van der Waals surface area contributed by atoms with Crippen LogP contribution in [0.2, 0.25) is 0 Å². The summed E-state index contributed by atoms with van der Waals surface area (Å²) in [6, 6.07) is 12.3. The summed E-state index contributed by atoms with van der Waals surface area (Å²) in [5, 5.41) is 21.9. The summed E-state index contributed by atoms with van der Waals surface area (Å²) in [4.78, 5) is 36.6. The Labute approximate surface area is 153 Å². The number of carbonyl (C=O) groups is 3. The fraction of sp³-hybridized carbons (Fsp3) is 0.167. The lowest BCUT2D eigenvalue weighted by molar-refractivity contribution is 0.0442. The van der Waals surface area contributed by atoms with Gasteiger partial charge < -0.3 is 20.4 Å². The van der Waals surface area contributed by atoms with Crippen LogP contribution in [0.3, 0.4) is 0 Å². The minimum Gasteiger partial charge on any atom is -0.478 e. The minimum absolute atomic E-state index is 0.115. The van der Waals surface area contributed by atoms with Crippen LogP contribution in [0.4, 0.5) is 10.5 Å². The minimum atomic E-state index is -1.20. The van der Waals surface area contributed by atoms with Crippen LogP contribution in [-0.4, -0.2) is 44.5 Å². The molecule has 2 aromatic carbocycles. The summed E-state index contributed by atoms with van der Waals surface area (Å²) in [5.41, 5.74) is 1.12. The number of hydrogen-bond acceptors (Lipinski definition) is 5. The summed E-state index contributed by atoms with van der Waals surface area (Å²) in [7, 11) is 0. The molecule has 0 aromatic heterocycles. The Bertz CT molecular complexity index is 853. The smallest absolute Gasteiger partial charge is 0.335 e. The van der Waals surface area contributed by atoms with E-state index in [0.717, 1.165) is 11.8 Å². The van der Waals surface area contributed by atoms with Gasteiger partial charge in [-0.2, -0.15) is 0 Å². The summed E-state index contributed by atoms with van der Waals surface area (Å²) in [6.45, 7) is 0.414. The number of hydrogen-bond donors (Lipinski definition) is 3. The van der Waals surface area contributed by atoms with E-state index >= 15 is 0 Å². The van der Waals surface area contributed by atoms with Crippen molar-refractivity contribution in [1.82, 2.24) is 4.90 Å². The average Bonchev–Trinajstić information content (AvgIpc) is 3.07. The molecule has 1 atom stereocenters. The Morgan fingerprint density at radius 2 is 1.81 bits per heavy atom. The van der Waals surface area contributed by atoms with Crippen LogP contribution in [0.15, 0.2) is 48.5 Å². The molecule has 26 heavy (non-hydrogen) atoms. The SMILES string of the molecule is O=C(O)c1ccc(NC(=O)c2ccccc2C(O)N2CCSC2=O)cc1. The Morgan fingerprint density at radius 1 is 1.12 bits per heavy atom. The average molecular weight is 372 g/mol. The normalized spacial score (nSPS) is 15.0. The molecule has 8 heteroatoms. The highest BCUT2D eigenvalue weighted by Crippen LogP contribution is 2.29. The Kier molecular flexibility index (Phi) is 5.24. The first kappa shape index (κ1) is 18.0. The number of aromatic carboxylic acids is 1. The molecule has 0 bridgehead atoms. The van der Waals surface area contributed by atoms with Crippen molar-refractivity contribution in [3.05, 3.63) is 65.2 Å². The van der Waals surface area contributed by atoms with E-state index in [2.05, 4.69) is 5.32 Å². The van der Waals surface area contributed by atoms with Crippen LogP contribution in [0.5, 0.6) is 0 Å². The third-order valence-electron chi connectivity index (χ3n) is 3.96. The van der Waals surface area contributed by atoms with Crippen molar-refractivity contribution < 1.29 is 24.6 Å². The van der Waals surface area contributed by atoms with Gasteiger partial charge in [-0.1, -0.05) is 30.0 Å². The fourth-order valence-electron chi connectivity index (χ4n) is 2.62. The van der Waals surface area contributed by atoms with Crippen molar-refractivity contribution in [1.29, 1.82) is 0 Å². The molecule has 7 nitrogen and oxygen atoms in total. The first-order valence-corrected chi connectivity index (χ1v) is 8.81. The van der Waals surface area contributed by atoms with Gasteiger partial charge in [0.2, 0.25) is 0 Å². The fourth-order valence-corrected chi connectivity index (χ4v) is 3.44. The maximum atomic E-state index is 12.6. The molecule has 1 aliphatic heterocycles. The molecule has 1 saturated heterocycles. The van der Waals surface area contributed by atoms with E-state index < -0.39 is 18.1 Å². The van der Waals surface area contributed by atoms with Crippen LogP contribution in [-0.2, 0) is 0 Å². The lowest BCUT2D eigenvalue weighted by Gasteiger charge is -2.24. The van der Waals surface area contributed by atoms with Gasteiger partial charge in [0.15, 0.2) is 6.23 Å². The number of rotatable bonds is 5. The number of amides is 2. The van der Waals surface area contributed by atoms with E-state index in [9.17, 15) is 19.5 Å². The Hall–Kier alpha value is -2.84. The molecule has 0 spiro atoms. The van der Waals surface area contributed by atoms with Crippen molar-refractivity contribution >= 4 is 34.6 Å². The van der Waals surface area contributed by atoms with E-state index in [1.165, 1.54) is 29.2 Å². The van der Waals surface area contributed by atoms with Crippen LogP contribution < -0.4 is 5.32 Å². The van der Waals surface area contributed by atoms with Gasteiger partial charge in [-0.3, -0.25) is 9.59 Å². The Morgan fingerprint density at radius 3 is 2.42 bits per heavy atom. The second-order valence-corrected chi connectivity index (χ2v) is 6.65. The summed E-state index contributed by atoms with van der Waals surface area (Å²) < 4.78 is 0. The Balaban J connectivity index is 1.81. The second kappa shape index (κ2) is 7.59. The molecule has 1 unspecified atom stereocenters. The van der Waals surface area contributed by atoms with Crippen molar-refractivity contribution in [2.75, 3.05) is 17.6 Å². The molecule has 2 amide bonds. The van der Waals surface area contributed by atoms with Gasteiger partial charge >= 0.3 is 5.97 Å². The highest BCUT2D eigenvalue weighted by atomic mass is 32.2. The third kappa shape index (κ3) is 3.71. The van der Waals surface area contributed by atoms with Crippen molar-refractivity contribution in [3.8, 4) is 0 Å². The standard InChI is InChI=1S/C18H16N2O5S/c21-15(19-12-7-5-11(6-8-12)17(23)24)13-3-1-2-4-14(13)16(22)20-9-10-26-18(20)25/h1-8,16,22H,9-10H2,(H,19,21)(H,23,24). The van der Waals surface area contributed by atoms with Crippen LogP contribution >= 0.6 is 11.8 Å². The van der Waals surface area contributed by atoms with E-state index in [-0.39, 0.29) is 16.4 Å². The number of nitrogens with zero attached hydrogens (tertiary/aromatic N) is 1. The summed E-state index contributed by atoms with van der Waals surface area (Å²) in [6.07, 6.45) is -1.20. The van der Waals surface area contributed by atoms with Crippen LogP contribution in [0.1, 0.15) is 32.5 Å². The number of thioether (sulfide) groups is 1. The molecular formula is C18H16N2O5S. The molecule has 0 saturated carbocycles. The molecule has 1 aliphatic rings. The number of carboxylic acids is 1. The lowest BCUT2D eigenvalue weighted by Crippen LogP contribution is -2.30. The number of aliphatic hydroxyl groups is 1. The molecule has 134 valence electrons. The number of carbonyl (C=O) groups excluding carboxylic acids is 2. The molecule has 1 heterocycles. The number of benzene rings is 2. The zero-order chi connectivity index (χ0) is 18.7. The van der Waals surface area contributed by atoms with Crippen LogP contribution in [0.25, 0.3) is 0 Å². The van der Waals surface area contributed by atoms with Gasteiger partial charge in [0.1, 0.15) is 0 Å². The van der Waals surface area contributed by atoms with E-state index in [0.29, 0.717) is 23.5 Å². The second-order valence-electron chi connectivity index (χ2n) is 5.61. The quantitative estimate of drug-likeness (QED) is 0.745. The zero-order valence-electron chi connectivity index (χ0n) is 13.6. The summed E-state index contributed by atoms with van der Waals surface area (Å²) in [5.74, 6) is -0.910. The van der Waals surface area contributed by atoms with E-state index in [1.807, 2.05) is 0 Å². The van der Waals surface area contributed by atoms with E-state index in [4.69, 9.17) is 5.11 Å². The predicted molar refractivity (Wildman–Crippen MR) is 97.3 cm³/mol. The molecule has 0 radical (unpaired) electrons. The number of carboxylic acid groups (broad SMARTS) is 1. The van der Waals surface area contributed by atoms with E-state index in [1.54, 1.807) is 24.3 Å². The molecule has 3 N–H and O–H groups in total. The maximum Gasteiger partial charge on any atom is 0.335 e. The van der Waals surface area contributed by atoms with Gasteiger partial charge in [-0.15, -0.1) is 0 Å². The van der Waals surface area contributed by atoms with Crippen molar-refractivity contribution in [3.63, 3.8) is 0 Å². The maximum absolute atomic E-state index is 12.6. The highest BCUT2D eigenvalue weighted by molar-refractivity contribution is 8.13. The molecule has 1 fully saturated rings. The molecule has 0 aliphatic carbocycles. The van der Waals surface area contributed by atoms with Crippen LogP contribution in [0, 0.1) is 0 Å². The first-order chi connectivity index (χ1) is 12.5. The zero-order valence-corrected chi connectivity index (χ0v) is 14.4. The van der Waals surface area contributed by atoms with Crippen molar-refractivity contribution in [2.45, 2.75) is 6.23 Å². The van der Waals surface area contributed by atoms with Gasteiger partial charge in [-0.25, -0.2) is 4.79 Å². The largest absolute Gasteiger partial charge is 0.478 e. The van der Waals surface area contributed by atoms with Gasteiger partial charge in [0, 0.05) is 29.1 Å². The van der Waals surface area contributed by atoms with Gasteiger partial charge in [0.25, 0.3) is 11.1 Å². The molecule has 2 aromatic rings. The lowest BCUT2D eigenvalue weighted by atomic mass is 10.0. The van der Waals surface area contributed by atoms with Gasteiger partial charge in [-0.05, 0) is 30.3 Å². The number of aliphatic hydroxyl groups excluding tert-OH is 1. The highest BCUT2D eigenvalue weighted by Gasteiger charge is 2.30. The summed E-state index contributed by atoms with van der Waals surface area (Å²) >= 11 is 1.13. The molecular weight excluding hydrogens is 356 g/mol. The molecule has 3 rings (SSSR count). The topological polar surface area (TPSA) is 107 Å². The number of anilines is 1. The van der Waals surface area contributed by atoms with Crippen molar-refractivity contribution in [2.24, 2.45) is 0 Å². The third-order valence-corrected chi connectivity index (χ3v) is 4.83. The first-order valence-electron chi connectivity index (χ1n) is 7.82. The van der Waals surface area contributed by atoms with Gasteiger partial charge in [0.05, 0.1) is 5.56 Å². The predicted octanol–water partition coefficient (Wildman–Crippen LogP) is 2.80.